The lowest BCUT2D eigenvalue weighted by atomic mass is 9.33. The molecule has 2 aliphatic rings. The van der Waals surface area contributed by atoms with Crippen LogP contribution in [0.1, 0.15) is 91.4 Å². The molecular formula is C19H34B2NO. The van der Waals surface area contributed by atoms with Crippen LogP contribution in [0, 0.1) is 5.92 Å². The van der Waals surface area contributed by atoms with Crippen molar-refractivity contribution in [3.05, 3.63) is 0 Å². The van der Waals surface area contributed by atoms with Crippen molar-refractivity contribution in [3.63, 3.8) is 0 Å². The molecule has 23 heavy (non-hydrogen) atoms. The van der Waals surface area contributed by atoms with Crippen LogP contribution < -0.4 is 5.32 Å². The van der Waals surface area contributed by atoms with Gasteiger partial charge in [0.05, 0.1) is 7.85 Å². The number of nitrogens with one attached hydrogen (secondary N) is 1. The van der Waals surface area contributed by atoms with Crippen LogP contribution in [0.3, 0.4) is 0 Å². The largest absolute Gasteiger partial charge is 0.351 e. The van der Waals surface area contributed by atoms with Crippen molar-refractivity contribution < 1.29 is 4.79 Å². The number of hydrogen-bond acceptors (Lipinski definition) is 1. The van der Waals surface area contributed by atoms with Crippen molar-refractivity contribution in [3.8, 4) is 0 Å². The van der Waals surface area contributed by atoms with Crippen LogP contribution in [-0.4, -0.2) is 26.6 Å². The number of carbonyl (C=O) groups is 1. The fraction of sp³-hybridized carbons (Fsp3) is 0.947. The lowest BCUT2D eigenvalue weighted by Crippen LogP contribution is -2.45. The monoisotopic (exact) mass is 314 g/mol. The lowest BCUT2D eigenvalue weighted by molar-refractivity contribution is -0.127. The minimum absolute atomic E-state index is 0.0898. The van der Waals surface area contributed by atoms with E-state index in [4.69, 9.17) is 7.85 Å². The Balaban J connectivity index is 1.88. The molecule has 2 saturated carbocycles. The van der Waals surface area contributed by atoms with Gasteiger partial charge in [-0.25, -0.2) is 0 Å². The Morgan fingerprint density at radius 2 is 1.65 bits per heavy atom. The molecule has 0 bridgehead atoms. The van der Waals surface area contributed by atoms with E-state index in [9.17, 15) is 4.79 Å². The zero-order valence-electron chi connectivity index (χ0n) is 15.5. The Hall–Kier alpha value is -0.400. The van der Waals surface area contributed by atoms with Crippen molar-refractivity contribution >= 4 is 21.0 Å². The van der Waals surface area contributed by atoms with Gasteiger partial charge < -0.3 is 5.32 Å². The summed E-state index contributed by atoms with van der Waals surface area (Å²) in [5.41, 5.74) is -0.137. The summed E-state index contributed by atoms with van der Waals surface area (Å²) in [5, 5.41) is 3.07. The molecule has 0 aromatic carbocycles. The Morgan fingerprint density at radius 1 is 1.04 bits per heavy atom. The second-order valence-corrected chi connectivity index (χ2v) is 9.03. The molecule has 2 atom stereocenters. The number of rotatable bonds is 3. The van der Waals surface area contributed by atoms with E-state index in [-0.39, 0.29) is 22.6 Å². The summed E-state index contributed by atoms with van der Waals surface area (Å²) >= 11 is 0. The van der Waals surface area contributed by atoms with Gasteiger partial charge in [-0.15, -0.1) is 0 Å². The first kappa shape index (κ1) is 18.9. The second kappa shape index (κ2) is 8.12. The van der Waals surface area contributed by atoms with Crippen LogP contribution in [0.2, 0.25) is 11.0 Å². The number of amides is 1. The third-order valence-corrected chi connectivity index (χ3v) is 5.44. The molecule has 4 heteroatoms. The van der Waals surface area contributed by atoms with E-state index in [1.165, 1.54) is 38.5 Å². The van der Waals surface area contributed by atoms with Gasteiger partial charge in [0.1, 0.15) is 7.28 Å². The Labute approximate surface area is 145 Å². The summed E-state index contributed by atoms with van der Waals surface area (Å²) in [6, 6.07) is 0. The molecule has 2 rings (SSSR count). The van der Waals surface area contributed by atoms with Gasteiger partial charge in [0.25, 0.3) is 0 Å². The standard InChI is InChI=1S/C19H34B2NO/c1-18(2,3)22-17(23)15-10-9-11-16(14-15)21-19(20)12-7-5-4-6-8-13-19/h15-16H,4-14H2,1-3H3,(H,22,23). The molecule has 1 amide bonds. The van der Waals surface area contributed by atoms with Gasteiger partial charge in [0.15, 0.2) is 0 Å². The van der Waals surface area contributed by atoms with Crippen LogP contribution >= 0.6 is 0 Å². The zero-order valence-corrected chi connectivity index (χ0v) is 15.5. The first-order valence-corrected chi connectivity index (χ1v) is 9.74. The fourth-order valence-corrected chi connectivity index (χ4v) is 4.29. The first-order chi connectivity index (χ1) is 10.8. The maximum absolute atomic E-state index is 12.5. The van der Waals surface area contributed by atoms with Gasteiger partial charge in [-0.1, -0.05) is 68.8 Å². The third-order valence-electron chi connectivity index (χ3n) is 5.44. The van der Waals surface area contributed by atoms with Crippen molar-refractivity contribution in [1.29, 1.82) is 0 Å². The molecule has 1 N–H and O–H groups in total. The van der Waals surface area contributed by atoms with Gasteiger partial charge in [-0.3, -0.25) is 4.79 Å². The normalized spacial score (nSPS) is 29.2. The van der Waals surface area contributed by atoms with Gasteiger partial charge >= 0.3 is 0 Å². The highest BCUT2D eigenvalue weighted by molar-refractivity contribution is 6.55. The maximum Gasteiger partial charge on any atom is 0.223 e. The molecule has 2 unspecified atom stereocenters. The maximum atomic E-state index is 12.5. The van der Waals surface area contributed by atoms with E-state index < -0.39 is 0 Å². The van der Waals surface area contributed by atoms with Gasteiger partial charge in [0, 0.05) is 11.5 Å². The molecule has 0 heterocycles. The molecule has 0 aromatic rings. The highest BCUT2D eigenvalue weighted by Crippen LogP contribution is 2.43. The van der Waals surface area contributed by atoms with Crippen LogP contribution in [0.25, 0.3) is 0 Å². The molecule has 2 aliphatic carbocycles. The smallest absolute Gasteiger partial charge is 0.223 e. The van der Waals surface area contributed by atoms with Crippen molar-refractivity contribution in [1.82, 2.24) is 5.32 Å². The van der Waals surface area contributed by atoms with E-state index in [1.54, 1.807) is 0 Å². The average Bonchev–Trinajstić information content (AvgIpc) is 2.42. The summed E-state index contributed by atoms with van der Waals surface area (Å²) in [6.45, 7) is 6.17. The molecule has 0 spiro atoms. The highest BCUT2D eigenvalue weighted by atomic mass is 16.2. The second-order valence-electron chi connectivity index (χ2n) is 9.03. The summed E-state index contributed by atoms with van der Waals surface area (Å²) in [6.07, 6.45) is 13.2. The van der Waals surface area contributed by atoms with E-state index >= 15 is 0 Å². The van der Waals surface area contributed by atoms with Crippen molar-refractivity contribution in [2.75, 3.05) is 0 Å². The molecule has 127 valence electrons. The quantitative estimate of drug-likeness (QED) is 0.757. The first-order valence-electron chi connectivity index (χ1n) is 9.74. The Kier molecular flexibility index (Phi) is 6.68. The topological polar surface area (TPSA) is 29.1 Å². The fourth-order valence-electron chi connectivity index (χ4n) is 4.29. The predicted molar refractivity (Wildman–Crippen MR) is 100 cm³/mol. The molecule has 0 aliphatic heterocycles. The average molecular weight is 314 g/mol. The zero-order chi connectivity index (χ0) is 16.9. The Bertz CT molecular complexity index is 383. The summed E-state index contributed by atoms with van der Waals surface area (Å²) in [5.74, 6) is 0.921. The SMILES string of the molecule is [B]C1([B]C2CCCC(C(=O)NC(C)(C)C)C2)CCCCCCC1. The number of hydrogen-bond donors (Lipinski definition) is 1. The summed E-state index contributed by atoms with van der Waals surface area (Å²) in [4.78, 5) is 12.5. The van der Waals surface area contributed by atoms with Crippen LogP contribution in [0.5, 0.6) is 0 Å². The number of carbonyl (C=O) groups excluding carboxylic acids is 1. The van der Waals surface area contributed by atoms with E-state index in [0.29, 0.717) is 5.82 Å². The van der Waals surface area contributed by atoms with E-state index in [1.807, 2.05) is 0 Å². The van der Waals surface area contributed by atoms with Crippen molar-refractivity contribution in [2.45, 2.75) is 108 Å². The molecular weight excluding hydrogens is 280 g/mol. The van der Waals surface area contributed by atoms with Crippen LogP contribution in [0.4, 0.5) is 0 Å². The predicted octanol–water partition coefficient (Wildman–Crippen LogP) is 4.61. The highest BCUT2D eigenvalue weighted by Gasteiger charge is 2.34. The summed E-state index contributed by atoms with van der Waals surface area (Å²) in [7, 11) is 9.17. The Morgan fingerprint density at radius 3 is 2.26 bits per heavy atom. The van der Waals surface area contributed by atoms with Gasteiger partial charge in [0.2, 0.25) is 5.91 Å². The lowest BCUT2D eigenvalue weighted by Gasteiger charge is -2.38. The van der Waals surface area contributed by atoms with Gasteiger partial charge in [-0.05, 0) is 33.6 Å². The van der Waals surface area contributed by atoms with Crippen LogP contribution in [0.15, 0.2) is 0 Å². The summed E-state index contributed by atoms with van der Waals surface area (Å²) < 4.78 is 0. The van der Waals surface area contributed by atoms with Crippen molar-refractivity contribution in [2.24, 2.45) is 5.92 Å². The molecule has 2 nitrogen and oxygen atoms in total. The van der Waals surface area contributed by atoms with Crippen LogP contribution in [-0.2, 0) is 4.79 Å². The van der Waals surface area contributed by atoms with E-state index in [2.05, 4.69) is 33.4 Å². The minimum Gasteiger partial charge on any atom is -0.351 e. The molecule has 0 saturated heterocycles. The molecule has 2 fully saturated rings. The molecule has 0 aromatic heterocycles. The van der Waals surface area contributed by atoms with E-state index in [0.717, 1.165) is 32.1 Å². The molecule has 3 radical (unpaired) electrons. The minimum atomic E-state index is -0.137. The van der Waals surface area contributed by atoms with Gasteiger partial charge in [-0.2, -0.15) is 0 Å². The third kappa shape index (κ3) is 6.55.